The fourth-order valence-electron chi connectivity index (χ4n) is 2.57. The van der Waals surface area contributed by atoms with Gasteiger partial charge in [0.2, 0.25) is 5.91 Å². The van der Waals surface area contributed by atoms with E-state index in [-0.39, 0.29) is 5.91 Å². The zero-order valence-electron chi connectivity index (χ0n) is 13.6. The molecule has 122 valence electrons. The maximum atomic E-state index is 11.9. The van der Waals surface area contributed by atoms with Crippen LogP contribution in [0.3, 0.4) is 0 Å². The number of amides is 1. The monoisotopic (exact) mass is 315 g/mol. The number of rotatable bonds is 6. The molecule has 1 aromatic carbocycles. The number of hydrogen-bond donors (Lipinski definition) is 2. The van der Waals surface area contributed by atoms with Gasteiger partial charge in [-0.1, -0.05) is 6.92 Å². The van der Waals surface area contributed by atoms with Gasteiger partial charge in [-0.3, -0.25) is 9.89 Å². The zero-order chi connectivity index (χ0) is 16.4. The van der Waals surface area contributed by atoms with E-state index in [1.54, 1.807) is 14.2 Å². The number of ether oxygens (including phenoxy) is 2. The lowest BCUT2D eigenvalue weighted by Crippen LogP contribution is -2.11. The Balaban J connectivity index is 2.07. The number of aromatic nitrogens is 2. The Morgan fingerprint density at radius 3 is 2.74 bits per heavy atom. The van der Waals surface area contributed by atoms with Crippen LogP contribution < -0.4 is 14.8 Å². The van der Waals surface area contributed by atoms with Crippen LogP contribution in [0.15, 0.2) is 18.2 Å². The standard InChI is InChI=1S/C17H21N3O3/c1-4-14(21)18-17-15(10-5-6-10)19-20-16(17)12-8-7-11(22-2)9-13(12)23-3/h7-10H,4-6H2,1-3H3,(H,18,21)(H,19,20). The summed E-state index contributed by atoms with van der Waals surface area (Å²) in [5, 5.41) is 10.5. The third-order valence-electron chi connectivity index (χ3n) is 4.03. The highest BCUT2D eigenvalue weighted by molar-refractivity contribution is 5.96. The first-order valence-corrected chi connectivity index (χ1v) is 7.78. The Morgan fingerprint density at radius 2 is 2.13 bits per heavy atom. The quantitative estimate of drug-likeness (QED) is 0.857. The summed E-state index contributed by atoms with van der Waals surface area (Å²) in [5.41, 5.74) is 3.29. The third-order valence-corrected chi connectivity index (χ3v) is 4.03. The predicted molar refractivity (Wildman–Crippen MR) is 88.0 cm³/mol. The minimum Gasteiger partial charge on any atom is -0.497 e. The van der Waals surface area contributed by atoms with Crippen LogP contribution in [0.2, 0.25) is 0 Å². The fraction of sp³-hybridized carbons (Fsp3) is 0.412. The molecule has 2 aromatic rings. The Morgan fingerprint density at radius 1 is 1.35 bits per heavy atom. The van der Waals surface area contributed by atoms with Crippen LogP contribution in [0.5, 0.6) is 11.5 Å². The minimum atomic E-state index is -0.0259. The van der Waals surface area contributed by atoms with E-state index in [1.165, 1.54) is 0 Å². The summed E-state index contributed by atoms with van der Waals surface area (Å²) < 4.78 is 10.7. The summed E-state index contributed by atoms with van der Waals surface area (Å²) in [4.78, 5) is 11.9. The second-order valence-corrected chi connectivity index (χ2v) is 5.60. The Bertz CT molecular complexity index is 720. The van der Waals surface area contributed by atoms with E-state index in [0.29, 0.717) is 29.5 Å². The van der Waals surface area contributed by atoms with Gasteiger partial charge < -0.3 is 14.8 Å². The normalized spacial score (nSPS) is 13.7. The summed E-state index contributed by atoms with van der Waals surface area (Å²) >= 11 is 0. The van der Waals surface area contributed by atoms with E-state index in [2.05, 4.69) is 15.5 Å². The van der Waals surface area contributed by atoms with Gasteiger partial charge in [0.15, 0.2) is 0 Å². The number of nitrogens with one attached hydrogen (secondary N) is 2. The van der Waals surface area contributed by atoms with Gasteiger partial charge in [-0.2, -0.15) is 5.10 Å². The van der Waals surface area contributed by atoms with Crippen LogP contribution in [0.1, 0.15) is 37.8 Å². The molecule has 1 aliphatic rings. The Labute approximate surface area is 135 Å². The molecule has 0 saturated heterocycles. The molecule has 0 bridgehead atoms. The molecule has 2 N–H and O–H groups in total. The van der Waals surface area contributed by atoms with E-state index in [4.69, 9.17) is 9.47 Å². The molecule has 6 heteroatoms. The topological polar surface area (TPSA) is 76.2 Å². The molecule has 0 aliphatic heterocycles. The average molecular weight is 315 g/mol. The highest BCUT2D eigenvalue weighted by Gasteiger charge is 2.31. The molecular weight excluding hydrogens is 294 g/mol. The first-order valence-electron chi connectivity index (χ1n) is 7.78. The van der Waals surface area contributed by atoms with Crippen molar-refractivity contribution in [3.05, 3.63) is 23.9 Å². The fourth-order valence-corrected chi connectivity index (χ4v) is 2.57. The molecule has 1 amide bonds. The molecule has 3 rings (SSSR count). The summed E-state index contributed by atoms with van der Waals surface area (Å²) in [6, 6.07) is 5.56. The van der Waals surface area contributed by atoms with Crippen LogP contribution in [0, 0.1) is 0 Å². The van der Waals surface area contributed by atoms with Crippen molar-refractivity contribution in [1.29, 1.82) is 0 Å². The molecular formula is C17H21N3O3. The van der Waals surface area contributed by atoms with Crippen LogP contribution in [-0.2, 0) is 4.79 Å². The maximum Gasteiger partial charge on any atom is 0.224 e. The van der Waals surface area contributed by atoms with E-state index in [0.717, 1.165) is 29.8 Å². The number of nitrogens with zero attached hydrogens (tertiary/aromatic N) is 1. The SMILES string of the molecule is CCC(=O)Nc1c(-c2ccc(OC)cc2OC)n[nH]c1C1CC1. The lowest BCUT2D eigenvalue weighted by Gasteiger charge is -2.11. The van der Waals surface area contributed by atoms with Gasteiger partial charge in [0.25, 0.3) is 0 Å². The summed E-state index contributed by atoms with van der Waals surface area (Å²) in [6.45, 7) is 1.83. The predicted octanol–water partition coefficient (Wildman–Crippen LogP) is 3.32. The Kier molecular flexibility index (Phi) is 4.23. The number of hydrogen-bond acceptors (Lipinski definition) is 4. The van der Waals surface area contributed by atoms with Crippen molar-refractivity contribution in [2.24, 2.45) is 0 Å². The van der Waals surface area contributed by atoms with Crippen molar-refractivity contribution < 1.29 is 14.3 Å². The Hall–Kier alpha value is -2.50. The van der Waals surface area contributed by atoms with Crippen molar-refractivity contribution in [3.63, 3.8) is 0 Å². The van der Waals surface area contributed by atoms with Gasteiger partial charge in [-0.15, -0.1) is 0 Å². The molecule has 1 fully saturated rings. The maximum absolute atomic E-state index is 11.9. The van der Waals surface area contributed by atoms with E-state index < -0.39 is 0 Å². The number of methoxy groups -OCH3 is 2. The van der Waals surface area contributed by atoms with Gasteiger partial charge in [-0.25, -0.2) is 0 Å². The second-order valence-electron chi connectivity index (χ2n) is 5.60. The molecule has 0 atom stereocenters. The number of aromatic amines is 1. The second kappa shape index (κ2) is 6.32. The first-order chi connectivity index (χ1) is 11.2. The number of anilines is 1. The number of H-pyrrole nitrogens is 1. The molecule has 0 radical (unpaired) electrons. The van der Waals surface area contributed by atoms with E-state index >= 15 is 0 Å². The van der Waals surface area contributed by atoms with Crippen molar-refractivity contribution in [1.82, 2.24) is 10.2 Å². The molecule has 1 aromatic heterocycles. The zero-order valence-corrected chi connectivity index (χ0v) is 13.6. The van der Waals surface area contributed by atoms with Crippen molar-refractivity contribution in [2.45, 2.75) is 32.1 Å². The van der Waals surface area contributed by atoms with Gasteiger partial charge in [0.05, 0.1) is 25.6 Å². The smallest absolute Gasteiger partial charge is 0.224 e. The average Bonchev–Trinajstić information content (AvgIpc) is 3.35. The van der Waals surface area contributed by atoms with Crippen LogP contribution >= 0.6 is 0 Å². The van der Waals surface area contributed by atoms with Crippen molar-refractivity contribution in [3.8, 4) is 22.8 Å². The summed E-state index contributed by atoms with van der Waals surface area (Å²) in [6.07, 6.45) is 2.67. The molecule has 0 spiro atoms. The number of carbonyl (C=O) groups is 1. The van der Waals surface area contributed by atoms with Crippen LogP contribution in [0.4, 0.5) is 5.69 Å². The highest BCUT2D eigenvalue weighted by Crippen LogP contribution is 2.46. The van der Waals surface area contributed by atoms with Gasteiger partial charge in [-0.05, 0) is 25.0 Å². The van der Waals surface area contributed by atoms with Gasteiger partial charge in [0, 0.05) is 24.0 Å². The van der Waals surface area contributed by atoms with Crippen LogP contribution in [-0.4, -0.2) is 30.3 Å². The molecule has 0 unspecified atom stereocenters. The summed E-state index contributed by atoms with van der Waals surface area (Å²) in [7, 11) is 3.22. The minimum absolute atomic E-state index is 0.0259. The van der Waals surface area contributed by atoms with Crippen molar-refractivity contribution in [2.75, 3.05) is 19.5 Å². The molecule has 23 heavy (non-hydrogen) atoms. The lowest BCUT2D eigenvalue weighted by molar-refractivity contribution is -0.115. The van der Waals surface area contributed by atoms with E-state index in [1.807, 2.05) is 25.1 Å². The molecule has 1 heterocycles. The van der Waals surface area contributed by atoms with Crippen LogP contribution in [0.25, 0.3) is 11.3 Å². The van der Waals surface area contributed by atoms with Gasteiger partial charge >= 0.3 is 0 Å². The molecule has 1 saturated carbocycles. The van der Waals surface area contributed by atoms with Gasteiger partial charge in [0.1, 0.15) is 17.2 Å². The lowest BCUT2D eigenvalue weighted by atomic mass is 10.1. The van der Waals surface area contributed by atoms with E-state index in [9.17, 15) is 4.79 Å². The molecule has 1 aliphatic carbocycles. The summed E-state index contributed by atoms with van der Waals surface area (Å²) in [5.74, 6) is 1.79. The largest absolute Gasteiger partial charge is 0.497 e. The highest BCUT2D eigenvalue weighted by atomic mass is 16.5. The van der Waals surface area contributed by atoms with Crippen molar-refractivity contribution >= 4 is 11.6 Å². The molecule has 6 nitrogen and oxygen atoms in total. The first kappa shape index (κ1) is 15.4. The number of benzene rings is 1. The number of carbonyl (C=O) groups excluding carboxylic acids is 1. The third kappa shape index (κ3) is 3.02.